The molecule has 1 aliphatic heterocycles. The molecule has 1 fully saturated rings. The third kappa shape index (κ3) is 5.88. The van der Waals surface area contributed by atoms with E-state index >= 15 is 0 Å². The first-order chi connectivity index (χ1) is 15.3. The maximum Gasteiger partial charge on any atom is 0.243 e. The Hall–Kier alpha value is -2.42. The molecule has 2 aromatic rings. The number of ether oxygens (including phenoxy) is 2. The van der Waals surface area contributed by atoms with Crippen LogP contribution in [-0.2, 0) is 32.4 Å². The van der Waals surface area contributed by atoms with Crippen LogP contribution in [0.2, 0.25) is 0 Å². The summed E-state index contributed by atoms with van der Waals surface area (Å²) in [5, 5.41) is 3.02. The molecule has 7 nitrogen and oxygen atoms in total. The Bertz CT molecular complexity index is 1020. The molecule has 1 N–H and O–H groups in total. The molecule has 3 rings (SSSR count). The van der Waals surface area contributed by atoms with E-state index in [1.807, 2.05) is 19.1 Å². The SMILES string of the molecule is CCc1ccc([C@@H](C)NC(=O)CCc2cc(S(=O)(=O)N3CCOCC3)ccc2OC)cc1. The van der Waals surface area contributed by atoms with Crippen molar-refractivity contribution in [3.8, 4) is 5.75 Å². The quantitative estimate of drug-likeness (QED) is 0.622. The third-order valence-corrected chi connectivity index (χ3v) is 7.64. The van der Waals surface area contributed by atoms with Gasteiger partial charge in [-0.1, -0.05) is 31.2 Å². The number of aryl methyl sites for hydroxylation is 2. The number of methoxy groups -OCH3 is 1. The highest BCUT2D eigenvalue weighted by atomic mass is 32.2. The molecule has 0 radical (unpaired) electrons. The molecule has 0 aromatic heterocycles. The minimum atomic E-state index is -3.61. The van der Waals surface area contributed by atoms with Gasteiger partial charge in [0.15, 0.2) is 0 Å². The van der Waals surface area contributed by atoms with Crippen molar-refractivity contribution < 1.29 is 22.7 Å². The Balaban J connectivity index is 1.66. The molecule has 1 atom stereocenters. The Morgan fingerprint density at radius 3 is 2.47 bits per heavy atom. The van der Waals surface area contributed by atoms with Gasteiger partial charge in [-0.2, -0.15) is 4.31 Å². The molecule has 0 bridgehead atoms. The van der Waals surface area contributed by atoms with Gasteiger partial charge in [-0.3, -0.25) is 4.79 Å². The van der Waals surface area contributed by atoms with E-state index in [0.29, 0.717) is 44.0 Å². The summed E-state index contributed by atoms with van der Waals surface area (Å²) in [5.41, 5.74) is 3.00. The highest BCUT2D eigenvalue weighted by molar-refractivity contribution is 7.89. The lowest BCUT2D eigenvalue weighted by Crippen LogP contribution is -2.40. The number of hydrogen-bond donors (Lipinski definition) is 1. The Morgan fingerprint density at radius 2 is 1.84 bits per heavy atom. The van der Waals surface area contributed by atoms with Crippen LogP contribution in [0.4, 0.5) is 0 Å². The molecule has 0 saturated carbocycles. The van der Waals surface area contributed by atoms with Crippen molar-refractivity contribution in [3.05, 3.63) is 59.2 Å². The number of amides is 1. The van der Waals surface area contributed by atoms with E-state index in [9.17, 15) is 13.2 Å². The van der Waals surface area contributed by atoms with Crippen LogP contribution in [0.15, 0.2) is 47.4 Å². The summed E-state index contributed by atoms with van der Waals surface area (Å²) in [6, 6.07) is 12.9. The number of carbonyl (C=O) groups excluding carboxylic acids is 1. The van der Waals surface area contributed by atoms with Gasteiger partial charge in [-0.25, -0.2) is 8.42 Å². The van der Waals surface area contributed by atoms with Crippen LogP contribution in [0, 0.1) is 0 Å². The van der Waals surface area contributed by atoms with Crippen LogP contribution < -0.4 is 10.1 Å². The minimum absolute atomic E-state index is 0.0967. The van der Waals surface area contributed by atoms with Crippen LogP contribution in [0.3, 0.4) is 0 Å². The lowest BCUT2D eigenvalue weighted by Gasteiger charge is -2.26. The van der Waals surface area contributed by atoms with E-state index in [0.717, 1.165) is 12.0 Å². The fourth-order valence-corrected chi connectivity index (χ4v) is 5.19. The number of morpholine rings is 1. The minimum Gasteiger partial charge on any atom is -0.496 e. The van der Waals surface area contributed by atoms with Gasteiger partial charge in [0.2, 0.25) is 15.9 Å². The summed E-state index contributed by atoms with van der Waals surface area (Å²) in [6.45, 7) is 5.51. The molecule has 1 heterocycles. The van der Waals surface area contributed by atoms with Crippen LogP contribution >= 0.6 is 0 Å². The summed E-state index contributed by atoms with van der Waals surface area (Å²) in [7, 11) is -2.07. The smallest absolute Gasteiger partial charge is 0.243 e. The van der Waals surface area contributed by atoms with Crippen molar-refractivity contribution in [2.24, 2.45) is 0 Å². The van der Waals surface area contributed by atoms with Crippen LogP contribution in [0.5, 0.6) is 5.75 Å². The first-order valence-corrected chi connectivity index (χ1v) is 12.4. The van der Waals surface area contributed by atoms with Crippen molar-refractivity contribution in [2.75, 3.05) is 33.4 Å². The Kier molecular flexibility index (Phi) is 8.28. The van der Waals surface area contributed by atoms with Crippen molar-refractivity contribution in [1.29, 1.82) is 0 Å². The van der Waals surface area contributed by atoms with Crippen LogP contribution in [-0.4, -0.2) is 52.0 Å². The molecule has 1 amide bonds. The second-order valence-electron chi connectivity index (χ2n) is 7.87. The topological polar surface area (TPSA) is 84.9 Å². The van der Waals surface area contributed by atoms with Gasteiger partial charge in [-0.15, -0.1) is 0 Å². The first-order valence-electron chi connectivity index (χ1n) is 11.0. The molecule has 1 saturated heterocycles. The third-order valence-electron chi connectivity index (χ3n) is 5.75. The molecule has 174 valence electrons. The second kappa shape index (κ2) is 10.9. The summed E-state index contributed by atoms with van der Waals surface area (Å²) in [6.07, 6.45) is 1.58. The fraction of sp³-hybridized carbons (Fsp3) is 0.458. The monoisotopic (exact) mass is 460 g/mol. The van der Waals surface area contributed by atoms with E-state index in [1.54, 1.807) is 18.2 Å². The average molecular weight is 461 g/mol. The molecular weight excluding hydrogens is 428 g/mol. The Morgan fingerprint density at radius 1 is 1.16 bits per heavy atom. The average Bonchev–Trinajstić information content (AvgIpc) is 2.83. The van der Waals surface area contributed by atoms with Gasteiger partial charge in [0.05, 0.1) is 31.3 Å². The zero-order chi connectivity index (χ0) is 23.1. The van der Waals surface area contributed by atoms with Gasteiger partial charge in [-0.05, 0) is 54.7 Å². The van der Waals surface area contributed by atoms with Gasteiger partial charge in [0, 0.05) is 19.5 Å². The van der Waals surface area contributed by atoms with Gasteiger partial charge in [0.1, 0.15) is 5.75 Å². The summed E-state index contributed by atoms with van der Waals surface area (Å²) in [4.78, 5) is 12.8. The first kappa shape index (κ1) is 24.2. The number of nitrogens with one attached hydrogen (secondary N) is 1. The fourth-order valence-electron chi connectivity index (χ4n) is 3.73. The van der Waals surface area contributed by atoms with Crippen molar-refractivity contribution >= 4 is 15.9 Å². The number of benzene rings is 2. The van der Waals surface area contributed by atoms with Crippen LogP contribution in [0.1, 0.15) is 43.0 Å². The van der Waals surface area contributed by atoms with Gasteiger partial charge < -0.3 is 14.8 Å². The van der Waals surface area contributed by atoms with E-state index < -0.39 is 10.0 Å². The van der Waals surface area contributed by atoms with Crippen molar-refractivity contribution in [1.82, 2.24) is 9.62 Å². The number of sulfonamides is 1. The highest BCUT2D eigenvalue weighted by Gasteiger charge is 2.27. The molecule has 0 unspecified atom stereocenters. The van der Waals surface area contributed by atoms with Crippen molar-refractivity contribution in [2.45, 2.75) is 44.0 Å². The number of rotatable bonds is 9. The van der Waals surface area contributed by atoms with Crippen molar-refractivity contribution in [3.63, 3.8) is 0 Å². The molecule has 8 heteroatoms. The number of nitrogens with zero attached hydrogens (tertiary/aromatic N) is 1. The zero-order valence-electron chi connectivity index (χ0n) is 19.0. The standard InChI is InChI=1S/C24H32N2O5S/c1-4-19-5-7-20(8-6-19)18(2)25-24(27)12-9-21-17-22(10-11-23(21)30-3)32(28,29)26-13-15-31-16-14-26/h5-8,10-11,17-18H,4,9,12-16H2,1-3H3,(H,25,27)/t18-/m1/s1. The normalized spacial score (nSPS) is 15.8. The maximum atomic E-state index is 13.0. The lowest BCUT2D eigenvalue weighted by atomic mass is 10.0. The van der Waals surface area contributed by atoms with E-state index in [4.69, 9.17) is 9.47 Å². The van der Waals surface area contributed by atoms with E-state index in [2.05, 4.69) is 24.4 Å². The number of carbonyl (C=O) groups is 1. The molecule has 1 aliphatic rings. The highest BCUT2D eigenvalue weighted by Crippen LogP contribution is 2.26. The molecule has 32 heavy (non-hydrogen) atoms. The van der Waals surface area contributed by atoms with Crippen LogP contribution in [0.25, 0.3) is 0 Å². The second-order valence-corrected chi connectivity index (χ2v) is 9.81. The molecule has 2 aromatic carbocycles. The van der Waals surface area contributed by atoms with E-state index in [1.165, 1.54) is 17.0 Å². The summed E-state index contributed by atoms with van der Waals surface area (Å²) < 4.78 is 38.0. The zero-order valence-corrected chi connectivity index (χ0v) is 19.8. The van der Waals surface area contributed by atoms with E-state index in [-0.39, 0.29) is 23.3 Å². The lowest BCUT2D eigenvalue weighted by molar-refractivity contribution is -0.121. The molecule has 0 aliphatic carbocycles. The number of hydrogen-bond acceptors (Lipinski definition) is 5. The predicted molar refractivity (Wildman–Crippen MR) is 123 cm³/mol. The van der Waals surface area contributed by atoms with Gasteiger partial charge in [0.25, 0.3) is 0 Å². The maximum absolute atomic E-state index is 13.0. The predicted octanol–water partition coefficient (Wildman–Crippen LogP) is 3.09. The molecule has 0 spiro atoms. The summed E-state index contributed by atoms with van der Waals surface area (Å²) >= 11 is 0. The Labute approximate surface area is 190 Å². The molecular formula is C24H32N2O5S. The summed E-state index contributed by atoms with van der Waals surface area (Å²) in [5.74, 6) is 0.475. The van der Waals surface area contributed by atoms with Gasteiger partial charge >= 0.3 is 0 Å². The largest absolute Gasteiger partial charge is 0.496 e.